The molecule has 1 fully saturated rings. The third-order valence-corrected chi connectivity index (χ3v) is 8.04. The summed E-state index contributed by atoms with van der Waals surface area (Å²) in [5, 5.41) is 3.16. The van der Waals surface area contributed by atoms with Crippen LogP contribution in [-0.4, -0.2) is 28.3 Å². The van der Waals surface area contributed by atoms with Gasteiger partial charge < -0.3 is 15.2 Å². The van der Waals surface area contributed by atoms with Gasteiger partial charge in [0.05, 0.1) is 16.8 Å². The highest BCUT2D eigenvalue weighted by Gasteiger charge is 2.41. The van der Waals surface area contributed by atoms with Gasteiger partial charge >= 0.3 is 0 Å². The summed E-state index contributed by atoms with van der Waals surface area (Å²) in [6.45, 7) is 2.51. The van der Waals surface area contributed by atoms with Crippen LogP contribution in [0.25, 0.3) is 11.3 Å². The molecule has 0 unspecified atom stereocenters. The number of fused-ring (bicyclic) bond motifs is 3. The molecular formula is C32H33ClN4O2. The topological polar surface area (TPSA) is 78.1 Å². The van der Waals surface area contributed by atoms with Crippen molar-refractivity contribution in [2.24, 2.45) is 0 Å². The van der Waals surface area contributed by atoms with Gasteiger partial charge in [0.2, 0.25) is 5.91 Å². The molecule has 0 saturated heterocycles. The lowest BCUT2D eigenvalue weighted by atomic mass is 9.68. The van der Waals surface area contributed by atoms with Gasteiger partial charge in [0.25, 0.3) is 5.91 Å². The first kappa shape index (κ1) is 26.7. The Hall–Kier alpha value is -3.90. The summed E-state index contributed by atoms with van der Waals surface area (Å²) in [6.07, 6.45) is 5.66. The Kier molecular flexibility index (Phi) is 7.58. The molecule has 6 nitrogen and oxygen atoms in total. The van der Waals surface area contributed by atoms with Gasteiger partial charge in [-0.25, -0.2) is 4.98 Å². The number of anilines is 2. The Morgan fingerprint density at radius 2 is 1.59 bits per heavy atom. The van der Waals surface area contributed by atoms with Crippen LogP contribution in [0.15, 0.2) is 78.9 Å². The van der Waals surface area contributed by atoms with Crippen molar-refractivity contribution in [3.8, 4) is 11.3 Å². The molecule has 1 aliphatic heterocycles. The maximum Gasteiger partial charge on any atom is 0.258 e. The van der Waals surface area contributed by atoms with E-state index in [-0.39, 0.29) is 24.2 Å². The Labute approximate surface area is 235 Å². The second-order valence-corrected chi connectivity index (χ2v) is 10.4. The van der Waals surface area contributed by atoms with Gasteiger partial charge in [0.15, 0.2) is 0 Å². The second-order valence-electron chi connectivity index (χ2n) is 10.4. The highest BCUT2D eigenvalue weighted by atomic mass is 35.5. The van der Waals surface area contributed by atoms with Crippen LogP contribution < -0.4 is 10.2 Å². The molecule has 0 atom stereocenters. The number of aryl methyl sites for hydroxylation is 1. The number of aromatic nitrogens is 2. The van der Waals surface area contributed by atoms with E-state index in [1.165, 1.54) is 6.42 Å². The molecule has 1 aromatic heterocycles. The highest BCUT2D eigenvalue weighted by Crippen LogP contribution is 2.40. The van der Waals surface area contributed by atoms with Crippen molar-refractivity contribution >= 4 is 35.6 Å². The van der Waals surface area contributed by atoms with Gasteiger partial charge in [-0.2, -0.15) is 0 Å². The molecule has 2 N–H and O–H groups in total. The number of nitrogens with one attached hydrogen (secondary N) is 2. The number of carbonyl (C=O) groups excluding carboxylic acids is 2. The number of H-pyrrole nitrogens is 1. The van der Waals surface area contributed by atoms with Crippen LogP contribution >= 0.6 is 12.4 Å². The molecule has 1 aliphatic carbocycles. The molecule has 0 spiro atoms. The van der Waals surface area contributed by atoms with E-state index in [0.717, 1.165) is 59.7 Å². The Morgan fingerprint density at radius 3 is 2.33 bits per heavy atom. The predicted molar refractivity (Wildman–Crippen MR) is 158 cm³/mol. The second kappa shape index (κ2) is 11.1. The first-order valence-electron chi connectivity index (χ1n) is 13.5. The minimum absolute atomic E-state index is 0. The third kappa shape index (κ3) is 4.97. The number of benzene rings is 3. The number of hydrogen-bond donors (Lipinski definition) is 2. The molecule has 4 aromatic rings. The summed E-state index contributed by atoms with van der Waals surface area (Å²) in [4.78, 5) is 37.2. The molecule has 7 heteroatoms. The minimum atomic E-state index is -0.508. The van der Waals surface area contributed by atoms with Crippen molar-refractivity contribution < 1.29 is 9.59 Å². The number of hydrogen-bond acceptors (Lipinski definition) is 3. The van der Waals surface area contributed by atoms with Crippen LogP contribution in [0.4, 0.5) is 11.4 Å². The number of halogens is 1. The summed E-state index contributed by atoms with van der Waals surface area (Å²) >= 11 is 0. The van der Waals surface area contributed by atoms with Crippen molar-refractivity contribution in [1.82, 2.24) is 9.97 Å². The zero-order chi connectivity index (χ0) is 26.1. The fraction of sp³-hybridized carbons (Fsp3) is 0.281. The number of imidazole rings is 1. The molecular weight excluding hydrogens is 508 g/mol. The number of carbonyl (C=O) groups is 2. The van der Waals surface area contributed by atoms with Gasteiger partial charge in [-0.3, -0.25) is 9.59 Å². The Bertz CT molecular complexity index is 1470. The molecule has 2 amide bonds. The van der Waals surface area contributed by atoms with Gasteiger partial charge in [-0.15, -0.1) is 12.4 Å². The lowest BCUT2D eigenvalue weighted by Gasteiger charge is -2.36. The normalized spacial score (nSPS) is 15.8. The van der Waals surface area contributed by atoms with Crippen LogP contribution in [-0.2, 0) is 16.6 Å². The van der Waals surface area contributed by atoms with Gasteiger partial charge in [-0.05, 0) is 55.7 Å². The van der Waals surface area contributed by atoms with Crippen molar-refractivity contribution in [3.63, 3.8) is 0 Å². The molecule has 0 bridgehead atoms. The molecule has 3 aromatic carbocycles. The monoisotopic (exact) mass is 540 g/mol. The van der Waals surface area contributed by atoms with Gasteiger partial charge in [0.1, 0.15) is 5.82 Å². The van der Waals surface area contributed by atoms with Crippen molar-refractivity contribution in [3.05, 3.63) is 102 Å². The summed E-state index contributed by atoms with van der Waals surface area (Å²) in [5.41, 5.74) is 5.66. The smallest absolute Gasteiger partial charge is 0.258 e. The zero-order valence-electron chi connectivity index (χ0n) is 22.1. The van der Waals surface area contributed by atoms with Gasteiger partial charge in [-0.1, -0.05) is 67.8 Å². The number of rotatable bonds is 4. The van der Waals surface area contributed by atoms with Gasteiger partial charge in [0, 0.05) is 35.5 Å². The lowest BCUT2D eigenvalue weighted by Crippen LogP contribution is -2.42. The Balaban J connectivity index is 0.00000308. The quantitative estimate of drug-likeness (QED) is 0.297. The van der Waals surface area contributed by atoms with E-state index in [1.54, 1.807) is 0 Å². The lowest BCUT2D eigenvalue weighted by molar-refractivity contribution is -0.122. The maximum atomic E-state index is 13.7. The minimum Gasteiger partial charge on any atom is -0.346 e. The SMILES string of the molecule is Cc1nc2c([nH]1)CCN(C(=O)c1ccc(NC(=O)C3(c4ccccc4)CCCCC3)cc1)c1ccccc1-2.Cl. The van der Waals surface area contributed by atoms with Crippen LogP contribution in [0.1, 0.15) is 59.5 Å². The molecule has 39 heavy (non-hydrogen) atoms. The molecule has 2 heterocycles. The van der Waals surface area contributed by atoms with E-state index in [2.05, 4.69) is 22.4 Å². The first-order chi connectivity index (χ1) is 18.5. The molecule has 200 valence electrons. The Morgan fingerprint density at radius 1 is 0.897 bits per heavy atom. The van der Waals surface area contributed by atoms with Crippen LogP contribution in [0.2, 0.25) is 0 Å². The van der Waals surface area contributed by atoms with E-state index < -0.39 is 5.41 Å². The maximum absolute atomic E-state index is 13.7. The number of aromatic amines is 1. The summed E-state index contributed by atoms with van der Waals surface area (Å²) in [7, 11) is 0. The zero-order valence-corrected chi connectivity index (χ0v) is 22.9. The van der Waals surface area contributed by atoms with Crippen molar-refractivity contribution in [2.45, 2.75) is 50.9 Å². The van der Waals surface area contributed by atoms with E-state index in [1.807, 2.05) is 78.6 Å². The highest BCUT2D eigenvalue weighted by molar-refractivity contribution is 6.09. The standard InChI is InChI=1S/C32H32N4O2.ClH/c1-22-33-27-18-21-36(28-13-7-6-12-26(28)29(27)34-22)30(37)23-14-16-25(17-15-23)35-31(38)32(19-8-3-9-20-32)24-10-4-2-5-11-24;/h2,4-7,10-17H,3,8-9,18-21H2,1H3,(H,33,34)(H,35,38);1H. The third-order valence-electron chi connectivity index (χ3n) is 8.04. The molecule has 0 radical (unpaired) electrons. The number of amides is 2. The number of para-hydroxylation sites is 1. The molecule has 2 aliphatic rings. The van der Waals surface area contributed by atoms with Crippen LogP contribution in [0.3, 0.4) is 0 Å². The van der Waals surface area contributed by atoms with Crippen LogP contribution in [0, 0.1) is 6.92 Å². The average Bonchev–Trinajstić information content (AvgIpc) is 3.27. The van der Waals surface area contributed by atoms with Crippen molar-refractivity contribution in [1.29, 1.82) is 0 Å². The van der Waals surface area contributed by atoms with E-state index in [0.29, 0.717) is 24.2 Å². The first-order valence-corrected chi connectivity index (χ1v) is 13.5. The summed E-state index contributed by atoms with van der Waals surface area (Å²) in [5.74, 6) is 0.850. The summed E-state index contributed by atoms with van der Waals surface area (Å²) < 4.78 is 0. The van der Waals surface area contributed by atoms with E-state index >= 15 is 0 Å². The fourth-order valence-electron chi connectivity index (χ4n) is 6.07. The average molecular weight is 541 g/mol. The van der Waals surface area contributed by atoms with E-state index in [9.17, 15) is 9.59 Å². The number of nitrogens with zero attached hydrogens (tertiary/aromatic N) is 2. The largest absolute Gasteiger partial charge is 0.346 e. The molecule has 6 rings (SSSR count). The molecule has 1 saturated carbocycles. The summed E-state index contributed by atoms with van der Waals surface area (Å²) in [6, 6.07) is 25.4. The van der Waals surface area contributed by atoms with Crippen molar-refractivity contribution in [2.75, 3.05) is 16.8 Å². The predicted octanol–water partition coefficient (Wildman–Crippen LogP) is 6.85. The van der Waals surface area contributed by atoms with Crippen LogP contribution in [0.5, 0.6) is 0 Å². The van der Waals surface area contributed by atoms with E-state index in [4.69, 9.17) is 4.98 Å². The fourth-order valence-corrected chi connectivity index (χ4v) is 6.07.